The van der Waals surface area contributed by atoms with Gasteiger partial charge in [-0.2, -0.15) is 0 Å². The minimum atomic E-state index is -0.0199. The predicted octanol–water partition coefficient (Wildman–Crippen LogP) is 4.91. The lowest BCUT2D eigenvalue weighted by molar-refractivity contribution is -0.135. The van der Waals surface area contributed by atoms with Gasteiger partial charge in [0.2, 0.25) is 0 Å². The molecule has 2 heteroatoms. The van der Waals surface area contributed by atoms with Crippen LogP contribution in [0.3, 0.4) is 0 Å². The van der Waals surface area contributed by atoms with Crippen molar-refractivity contribution >= 4 is 0 Å². The average molecular weight is 296 g/mol. The number of rotatable bonds is 3. The Hall–Kier alpha value is -0.0800. The van der Waals surface area contributed by atoms with Crippen LogP contribution < -0.4 is 5.73 Å². The highest BCUT2D eigenvalue weighted by atomic mass is 16.5. The van der Waals surface area contributed by atoms with Gasteiger partial charge in [0.1, 0.15) is 0 Å². The topological polar surface area (TPSA) is 35.2 Å². The fourth-order valence-electron chi connectivity index (χ4n) is 4.22. The van der Waals surface area contributed by atoms with Gasteiger partial charge in [0, 0.05) is 6.54 Å². The number of nitrogens with two attached hydrogens (primary N) is 1. The summed E-state index contributed by atoms with van der Waals surface area (Å²) in [5.74, 6) is 0.825. The van der Waals surface area contributed by atoms with Crippen molar-refractivity contribution in [1.82, 2.24) is 0 Å². The summed E-state index contributed by atoms with van der Waals surface area (Å²) in [4.78, 5) is 0. The zero-order valence-electron chi connectivity index (χ0n) is 15.0. The van der Waals surface area contributed by atoms with Gasteiger partial charge in [-0.15, -0.1) is 0 Å². The Morgan fingerprint density at radius 3 is 1.90 bits per heavy atom. The van der Waals surface area contributed by atoms with Gasteiger partial charge in [-0.1, -0.05) is 34.6 Å². The normalized spacial score (nSPS) is 34.9. The maximum Gasteiger partial charge on any atom is 0.0808 e. The summed E-state index contributed by atoms with van der Waals surface area (Å²) in [5, 5.41) is 0. The SMILES string of the molecule is CC1(C)CCC(OC2(CN)CCC(C(C)(C)C)CC2)CC1. The second-order valence-electron chi connectivity index (χ2n) is 9.51. The van der Waals surface area contributed by atoms with Gasteiger partial charge in [0.15, 0.2) is 0 Å². The van der Waals surface area contributed by atoms with Crippen LogP contribution in [0.15, 0.2) is 0 Å². The van der Waals surface area contributed by atoms with E-state index >= 15 is 0 Å². The molecular weight excluding hydrogens is 258 g/mol. The maximum absolute atomic E-state index is 6.60. The molecule has 0 aromatic carbocycles. The van der Waals surface area contributed by atoms with E-state index in [-0.39, 0.29) is 5.60 Å². The van der Waals surface area contributed by atoms with E-state index < -0.39 is 0 Å². The molecule has 0 aliphatic heterocycles. The Bertz CT molecular complexity index is 324. The third-order valence-corrected chi connectivity index (χ3v) is 6.20. The molecule has 2 N–H and O–H groups in total. The largest absolute Gasteiger partial charge is 0.370 e. The molecule has 2 fully saturated rings. The quantitative estimate of drug-likeness (QED) is 0.803. The number of ether oxygens (including phenoxy) is 1. The Morgan fingerprint density at radius 2 is 1.48 bits per heavy atom. The summed E-state index contributed by atoms with van der Waals surface area (Å²) in [7, 11) is 0. The molecule has 0 spiro atoms. The molecule has 0 aromatic heterocycles. The van der Waals surface area contributed by atoms with Crippen LogP contribution in [0.2, 0.25) is 0 Å². The monoisotopic (exact) mass is 295 g/mol. The first kappa shape index (κ1) is 17.3. The number of hydrogen-bond donors (Lipinski definition) is 1. The molecule has 124 valence electrons. The fourth-order valence-corrected chi connectivity index (χ4v) is 4.22. The molecule has 0 aromatic rings. The molecule has 0 amide bonds. The van der Waals surface area contributed by atoms with Crippen molar-refractivity contribution in [2.24, 2.45) is 22.5 Å². The van der Waals surface area contributed by atoms with E-state index in [1.165, 1.54) is 38.5 Å². The molecule has 0 heterocycles. The van der Waals surface area contributed by atoms with Crippen LogP contribution >= 0.6 is 0 Å². The van der Waals surface area contributed by atoms with Crippen LogP contribution in [-0.4, -0.2) is 18.2 Å². The van der Waals surface area contributed by atoms with Crippen LogP contribution in [0.25, 0.3) is 0 Å². The lowest BCUT2D eigenvalue weighted by Gasteiger charge is -2.46. The molecule has 21 heavy (non-hydrogen) atoms. The van der Waals surface area contributed by atoms with Gasteiger partial charge in [-0.3, -0.25) is 0 Å². The zero-order valence-corrected chi connectivity index (χ0v) is 15.0. The highest BCUT2D eigenvalue weighted by Crippen LogP contribution is 2.44. The third kappa shape index (κ3) is 4.45. The molecule has 0 unspecified atom stereocenters. The molecular formula is C19H37NO. The van der Waals surface area contributed by atoms with Crippen LogP contribution in [-0.2, 0) is 4.74 Å². The first-order valence-corrected chi connectivity index (χ1v) is 9.04. The number of hydrogen-bond acceptors (Lipinski definition) is 2. The van der Waals surface area contributed by atoms with Crippen molar-refractivity contribution in [2.45, 2.75) is 97.7 Å². The second kappa shape index (κ2) is 6.20. The molecule has 2 saturated carbocycles. The highest BCUT2D eigenvalue weighted by Gasteiger charge is 2.41. The molecule has 2 rings (SSSR count). The van der Waals surface area contributed by atoms with E-state index in [0.29, 0.717) is 23.5 Å². The summed E-state index contributed by atoms with van der Waals surface area (Å²) in [6, 6.07) is 0. The summed E-state index contributed by atoms with van der Waals surface area (Å²) in [6.45, 7) is 12.6. The smallest absolute Gasteiger partial charge is 0.0808 e. The van der Waals surface area contributed by atoms with Crippen molar-refractivity contribution in [3.05, 3.63) is 0 Å². The Labute approximate surface area is 132 Å². The van der Waals surface area contributed by atoms with Gasteiger partial charge in [0.05, 0.1) is 11.7 Å². The highest BCUT2D eigenvalue weighted by molar-refractivity contribution is 4.93. The summed E-state index contributed by atoms with van der Waals surface area (Å²) < 4.78 is 6.60. The van der Waals surface area contributed by atoms with E-state index in [4.69, 9.17) is 10.5 Å². The van der Waals surface area contributed by atoms with E-state index in [2.05, 4.69) is 34.6 Å². The Balaban J connectivity index is 1.89. The Morgan fingerprint density at radius 1 is 0.952 bits per heavy atom. The molecule has 2 nitrogen and oxygen atoms in total. The van der Waals surface area contributed by atoms with Crippen LogP contribution in [0.4, 0.5) is 0 Å². The van der Waals surface area contributed by atoms with Gasteiger partial charge in [-0.25, -0.2) is 0 Å². The van der Waals surface area contributed by atoms with E-state index in [1.54, 1.807) is 0 Å². The average Bonchev–Trinajstić information content (AvgIpc) is 2.41. The molecule has 0 atom stereocenters. The van der Waals surface area contributed by atoms with Crippen LogP contribution in [0.5, 0.6) is 0 Å². The van der Waals surface area contributed by atoms with Gasteiger partial charge in [0.25, 0.3) is 0 Å². The third-order valence-electron chi connectivity index (χ3n) is 6.20. The standard InChI is InChI=1S/C19H37NO/c1-17(2,3)15-6-12-19(14-20,13-7-15)21-16-8-10-18(4,5)11-9-16/h15-16H,6-14,20H2,1-5H3. The summed E-state index contributed by atoms with van der Waals surface area (Å²) >= 11 is 0. The first-order chi connectivity index (χ1) is 9.66. The predicted molar refractivity (Wildman–Crippen MR) is 90.3 cm³/mol. The van der Waals surface area contributed by atoms with Crippen LogP contribution in [0.1, 0.15) is 86.0 Å². The van der Waals surface area contributed by atoms with Crippen LogP contribution in [0, 0.1) is 16.7 Å². The van der Waals surface area contributed by atoms with E-state index in [9.17, 15) is 0 Å². The second-order valence-corrected chi connectivity index (χ2v) is 9.51. The lowest BCUT2D eigenvalue weighted by Crippen LogP contribution is -2.48. The van der Waals surface area contributed by atoms with Crippen molar-refractivity contribution < 1.29 is 4.74 Å². The molecule has 0 radical (unpaired) electrons. The van der Waals surface area contributed by atoms with Crippen molar-refractivity contribution in [2.75, 3.05) is 6.54 Å². The first-order valence-electron chi connectivity index (χ1n) is 9.04. The molecule has 0 saturated heterocycles. The Kier molecular flexibility index (Phi) is 5.10. The minimum absolute atomic E-state index is 0.0199. The van der Waals surface area contributed by atoms with Crippen molar-refractivity contribution in [3.63, 3.8) is 0 Å². The van der Waals surface area contributed by atoms with Gasteiger partial charge >= 0.3 is 0 Å². The lowest BCUT2D eigenvalue weighted by atomic mass is 9.68. The summed E-state index contributed by atoms with van der Waals surface area (Å²) in [6.07, 6.45) is 10.3. The molecule has 0 bridgehead atoms. The van der Waals surface area contributed by atoms with Gasteiger partial charge in [-0.05, 0) is 68.1 Å². The fraction of sp³-hybridized carbons (Fsp3) is 1.00. The van der Waals surface area contributed by atoms with Gasteiger partial charge < -0.3 is 10.5 Å². The van der Waals surface area contributed by atoms with E-state index in [0.717, 1.165) is 18.8 Å². The maximum atomic E-state index is 6.60. The van der Waals surface area contributed by atoms with E-state index in [1.807, 2.05) is 0 Å². The molecule has 2 aliphatic carbocycles. The minimum Gasteiger partial charge on any atom is -0.370 e. The summed E-state index contributed by atoms with van der Waals surface area (Å²) in [5.41, 5.74) is 7.06. The zero-order chi connectivity index (χ0) is 15.7. The van der Waals surface area contributed by atoms with Crippen molar-refractivity contribution in [1.29, 1.82) is 0 Å². The van der Waals surface area contributed by atoms with Crippen molar-refractivity contribution in [3.8, 4) is 0 Å². The molecule has 2 aliphatic rings.